The molecule has 0 heterocycles. The third-order valence-corrected chi connectivity index (χ3v) is 2.86. The van der Waals surface area contributed by atoms with E-state index in [-0.39, 0.29) is 5.91 Å². The highest BCUT2D eigenvalue weighted by atomic mass is 16.5. The highest BCUT2D eigenvalue weighted by Crippen LogP contribution is 2.18. The van der Waals surface area contributed by atoms with Gasteiger partial charge >= 0.3 is 0 Å². The molecule has 0 atom stereocenters. The summed E-state index contributed by atoms with van der Waals surface area (Å²) in [4.78, 5) is 11.7. The average Bonchev–Trinajstić information content (AvgIpc) is 2.32. The maximum absolute atomic E-state index is 11.7. The number of benzene rings is 1. The number of nitrogens with one attached hydrogen (secondary N) is 1. The highest BCUT2D eigenvalue weighted by molar-refractivity contribution is 5.91. The molecule has 0 aliphatic rings. The van der Waals surface area contributed by atoms with Gasteiger partial charge in [-0.15, -0.1) is 0 Å². The molecule has 0 saturated heterocycles. The van der Waals surface area contributed by atoms with Gasteiger partial charge < -0.3 is 15.8 Å². The van der Waals surface area contributed by atoms with Crippen molar-refractivity contribution in [1.82, 2.24) is 0 Å². The van der Waals surface area contributed by atoms with Crippen molar-refractivity contribution in [2.45, 2.75) is 40.0 Å². The first-order valence-electron chi connectivity index (χ1n) is 7.10. The van der Waals surface area contributed by atoms with Crippen LogP contribution in [-0.4, -0.2) is 19.1 Å². The van der Waals surface area contributed by atoms with Crippen molar-refractivity contribution in [3.63, 3.8) is 0 Å². The standard InChI is InChI=1S/C16H26N2O2/c1-16(2,3)9-11-20-10-5-8-15(19)18-14-7-4-6-13(17)12-14/h4,6-7,12H,5,8-11,17H2,1-3H3,(H,18,19). The van der Waals surface area contributed by atoms with Gasteiger partial charge in [0, 0.05) is 31.0 Å². The Morgan fingerprint density at radius 2 is 2.05 bits per heavy atom. The highest BCUT2D eigenvalue weighted by Gasteiger charge is 2.09. The predicted molar refractivity (Wildman–Crippen MR) is 83.6 cm³/mol. The summed E-state index contributed by atoms with van der Waals surface area (Å²) in [6.45, 7) is 7.95. The van der Waals surface area contributed by atoms with Crippen LogP contribution in [0.5, 0.6) is 0 Å². The number of nitrogen functional groups attached to an aromatic ring is 1. The largest absolute Gasteiger partial charge is 0.399 e. The first-order chi connectivity index (χ1) is 9.37. The Hall–Kier alpha value is -1.55. The number of carbonyl (C=O) groups is 1. The molecule has 1 aromatic rings. The Balaban J connectivity index is 2.12. The van der Waals surface area contributed by atoms with Gasteiger partial charge in [0.05, 0.1) is 0 Å². The lowest BCUT2D eigenvalue weighted by atomic mass is 9.93. The number of ether oxygens (including phenoxy) is 1. The first kappa shape index (κ1) is 16.5. The summed E-state index contributed by atoms with van der Waals surface area (Å²) in [5, 5.41) is 2.82. The number of carbonyl (C=O) groups excluding carboxylic acids is 1. The number of hydrogen-bond acceptors (Lipinski definition) is 3. The molecule has 0 aliphatic heterocycles. The van der Waals surface area contributed by atoms with Crippen molar-refractivity contribution in [3.8, 4) is 0 Å². The van der Waals surface area contributed by atoms with E-state index >= 15 is 0 Å². The average molecular weight is 278 g/mol. The number of rotatable bonds is 7. The SMILES string of the molecule is CC(C)(C)CCOCCCC(=O)Nc1cccc(N)c1. The van der Waals surface area contributed by atoms with E-state index in [1.165, 1.54) is 0 Å². The summed E-state index contributed by atoms with van der Waals surface area (Å²) >= 11 is 0. The van der Waals surface area contributed by atoms with E-state index in [1.807, 2.05) is 12.1 Å². The van der Waals surface area contributed by atoms with Crippen LogP contribution in [0.15, 0.2) is 24.3 Å². The zero-order valence-electron chi connectivity index (χ0n) is 12.7. The molecular formula is C16H26N2O2. The second kappa shape index (κ2) is 7.90. The number of hydrogen-bond donors (Lipinski definition) is 2. The maximum atomic E-state index is 11.7. The number of nitrogens with two attached hydrogens (primary N) is 1. The van der Waals surface area contributed by atoms with E-state index in [9.17, 15) is 4.79 Å². The first-order valence-corrected chi connectivity index (χ1v) is 7.10. The van der Waals surface area contributed by atoms with Crippen molar-refractivity contribution in [2.75, 3.05) is 24.3 Å². The molecule has 4 nitrogen and oxygen atoms in total. The summed E-state index contributed by atoms with van der Waals surface area (Å²) in [6, 6.07) is 7.19. The molecule has 1 aromatic carbocycles. The van der Waals surface area contributed by atoms with Gasteiger partial charge in [-0.2, -0.15) is 0 Å². The summed E-state index contributed by atoms with van der Waals surface area (Å²) in [5.41, 5.74) is 7.34. The molecule has 0 aromatic heterocycles. The Labute approximate surface area is 121 Å². The number of anilines is 2. The lowest BCUT2D eigenvalue weighted by Crippen LogP contribution is -2.13. The van der Waals surface area contributed by atoms with Crippen LogP contribution in [0, 0.1) is 5.41 Å². The van der Waals surface area contributed by atoms with Crippen molar-refractivity contribution < 1.29 is 9.53 Å². The van der Waals surface area contributed by atoms with Gasteiger partial charge in [0.1, 0.15) is 0 Å². The molecular weight excluding hydrogens is 252 g/mol. The maximum Gasteiger partial charge on any atom is 0.224 e. The lowest BCUT2D eigenvalue weighted by Gasteiger charge is -2.17. The van der Waals surface area contributed by atoms with Crippen LogP contribution in [0.2, 0.25) is 0 Å². The van der Waals surface area contributed by atoms with E-state index in [2.05, 4.69) is 26.1 Å². The third kappa shape index (κ3) is 7.79. The molecule has 0 bridgehead atoms. The second-order valence-electron chi connectivity index (χ2n) is 6.20. The van der Waals surface area contributed by atoms with E-state index in [0.29, 0.717) is 24.1 Å². The fraction of sp³-hybridized carbons (Fsp3) is 0.562. The van der Waals surface area contributed by atoms with Gasteiger partial charge in [-0.3, -0.25) is 4.79 Å². The Morgan fingerprint density at radius 1 is 1.30 bits per heavy atom. The van der Waals surface area contributed by atoms with Crippen LogP contribution in [0.4, 0.5) is 11.4 Å². The van der Waals surface area contributed by atoms with Gasteiger partial charge in [0.15, 0.2) is 0 Å². The van der Waals surface area contributed by atoms with E-state index < -0.39 is 0 Å². The van der Waals surface area contributed by atoms with Crippen LogP contribution in [0.1, 0.15) is 40.0 Å². The third-order valence-electron chi connectivity index (χ3n) is 2.86. The monoisotopic (exact) mass is 278 g/mol. The smallest absolute Gasteiger partial charge is 0.224 e. The van der Waals surface area contributed by atoms with Crippen LogP contribution in [0.25, 0.3) is 0 Å². The minimum Gasteiger partial charge on any atom is -0.399 e. The number of amides is 1. The molecule has 3 N–H and O–H groups in total. The zero-order valence-corrected chi connectivity index (χ0v) is 12.7. The fourth-order valence-corrected chi connectivity index (χ4v) is 1.66. The summed E-state index contributed by atoms with van der Waals surface area (Å²) in [5.74, 6) is -0.00461. The molecule has 0 unspecified atom stereocenters. The molecule has 0 radical (unpaired) electrons. The molecule has 20 heavy (non-hydrogen) atoms. The van der Waals surface area contributed by atoms with E-state index in [1.54, 1.807) is 12.1 Å². The van der Waals surface area contributed by atoms with Crippen LogP contribution in [0.3, 0.4) is 0 Å². The van der Waals surface area contributed by atoms with Crippen LogP contribution >= 0.6 is 0 Å². The summed E-state index contributed by atoms with van der Waals surface area (Å²) in [7, 11) is 0. The molecule has 112 valence electrons. The Kier molecular flexibility index (Phi) is 6.52. The molecule has 0 aliphatic carbocycles. The van der Waals surface area contributed by atoms with Gasteiger partial charge in [0.2, 0.25) is 5.91 Å². The zero-order chi connectivity index (χ0) is 15.0. The summed E-state index contributed by atoms with van der Waals surface area (Å²) < 4.78 is 5.53. The topological polar surface area (TPSA) is 64.3 Å². The van der Waals surface area contributed by atoms with Gasteiger partial charge in [-0.25, -0.2) is 0 Å². The van der Waals surface area contributed by atoms with Crippen molar-refractivity contribution in [3.05, 3.63) is 24.3 Å². The second-order valence-corrected chi connectivity index (χ2v) is 6.20. The molecule has 0 saturated carbocycles. The fourth-order valence-electron chi connectivity index (χ4n) is 1.66. The predicted octanol–water partition coefficient (Wildman–Crippen LogP) is 3.44. The Bertz CT molecular complexity index is 425. The molecule has 1 rings (SSSR count). The normalized spacial score (nSPS) is 11.3. The molecule has 1 amide bonds. The van der Waals surface area contributed by atoms with Crippen molar-refractivity contribution in [1.29, 1.82) is 0 Å². The quantitative estimate of drug-likeness (QED) is 0.593. The minimum absolute atomic E-state index is 0.00461. The minimum atomic E-state index is -0.00461. The lowest BCUT2D eigenvalue weighted by molar-refractivity contribution is -0.116. The van der Waals surface area contributed by atoms with Gasteiger partial charge in [-0.1, -0.05) is 26.8 Å². The van der Waals surface area contributed by atoms with Gasteiger partial charge in [0.25, 0.3) is 0 Å². The van der Waals surface area contributed by atoms with Crippen LogP contribution < -0.4 is 11.1 Å². The van der Waals surface area contributed by atoms with Gasteiger partial charge in [-0.05, 0) is 36.5 Å². The van der Waals surface area contributed by atoms with Crippen molar-refractivity contribution >= 4 is 17.3 Å². The van der Waals surface area contributed by atoms with Crippen molar-refractivity contribution in [2.24, 2.45) is 5.41 Å². The van der Waals surface area contributed by atoms with E-state index in [4.69, 9.17) is 10.5 Å². The molecule has 4 heteroatoms. The Morgan fingerprint density at radius 3 is 2.70 bits per heavy atom. The molecule has 0 fully saturated rings. The van der Waals surface area contributed by atoms with Crippen LogP contribution in [-0.2, 0) is 9.53 Å². The summed E-state index contributed by atoms with van der Waals surface area (Å²) in [6.07, 6.45) is 2.23. The van der Waals surface area contributed by atoms with E-state index in [0.717, 1.165) is 25.1 Å². The molecule has 0 spiro atoms.